The molecule has 1 unspecified atom stereocenters. The summed E-state index contributed by atoms with van der Waals surface area (Å²) in [6, 6.07) is 1.85. The first-order valence-electron chi connectivity index (χ1n) is 6.10. The van der Waals surface area contributed by atoms with E-state index in [9.17, 15) is 0 Å². The molecule has 0 aliphatic carbocycles. The Morgan fingerprint density at radius 1 is 0.692 bits per heavy atom. The van der Waals surface area contributed by atoms with Gasteiger partial charge in [-0.2, -0.15) is 0 Å². The molecule has 2 aliphatic rings. The molecule has 2 aliphatic heterocycles. The average molecular weight is 181 g/mol. The van der Waals surface area contributed by atoms with Crippen molar-refractivity contribution in [3.05, 3.63) is 0 Å². The standard InChI is InChI=1S/C12H23N/c1-13-11-7-3-2-4-8-12(13)10-6-5-9-11/h11-12H,2-10H2,1H3/t11-,12?/m0/s1. The summed E-state index contributed by atoms with van der Waals surface area (Å²) in [7, 11) is 2.37. The Labute approximate surface area is 82.5 Å². The molecule has 2 bridgehead atoms. The van der Waals surface area contributed by atoms with Crippen molar-refractivity contribution in [3.8, 4) is 0 Å². The third-order valence-corrected chi connectivity index (χ3v) is 4.05. The van der Waals surface area contributed by atoms with Crippen molar-refractivity contribution < 1.29 is 0 Å². The smallest absolute Gasteiger partial charge is 0.00951 e. The van der Waals surface area contributed by atoms with E-state index in [1.807, 2.05) is 0 Å². The lowest BCUT2D eigenvalue weighted by molar-refractivity contribution is 0.141. The molecule has 0 spiro atoms. The van der Waals surface area contributed by atoms with E-state index in [2.05, 4.69) is 11.9 Å². The maximum atomic E-state index is 2.70. The van der Waals surface area contributed by atoms with Crippen LogP contribution >= 0.6 is 0 Å². The van der Waals surface area contributed by atoms with Gasteiger partial charge in [-0.05, 0) is 32.7 Å². The summed E-state index contributed by atoms with van der Waals surface area (Å²) < 4.78 is 0. The Morgan fingerprint density at radius 3 is 1.54 bits per heavy atom. The molecular formula is C12H23N. The predicted molar refractivity (Wildman–Crippen MR) is 56.9 cm³/mol. The molecule has 76 valence electrons. The van der Waals surface area contributed by atoms with Gasteiger partial charge in [-0.15, -0.1) is 0 Å². The van der Waals surface area contributed by atoms with Crippen LogP contribution in [-0.4, -0.2) is 24.0 Å². The van der Waals surface area contributed by atoms with E-state index >= 15 is 0 Å². The van der Waals surface area contributed by atoms with Gasteiger partial charge in [0, 0.05) is 12.1 Å². The molecule has 2 saturated heterocycles. The second-order valence-electron chi connectivity index (χ2n) is 4.90. The SMILES string of the molecule is CN1C2CCCCC[C@H]1CCCC2. The maximum Gasteiger partial charge on any atom is 0.00951 e. The van der Waals surface area contributed by atoms with E-state index in [4.69, 9.17) is 0 Å². The molecular weight excluding hydrogens is 158 g/mol. The predicted octanol–water partition coefficient (Wildman–Crippen LogP) is 3.19. The van der Waals surface area contributed by atoms with Crippen LogP contribution < -0.4 is 0 Å². The second kappa shape index (κ2) is 4.45. The number of rotatable bonds is 0. The minimum atomic E-state index is 0.924. The molecule has 0 aromatic rings. The van der Waals surface area contributed by atoms with Crippen LogP contribution in [0.1, 0.15) is 57.8 Å². The summed E-state index contributed by atoms with van der Waals surface area (Å²) >= 11 is 0. The first-order chi connectivity index (χ1) is 6.38. The van der Waals surface area contributed by atoms with Gasteiger partial charge in [-0.1, -0.05) is 32.1 Å². The highest BCUT2D eigenvalue weighted by Crippen LogP contribution is 2.29. The highest BCUT2D eigenvalue weighted by atomic mass is 15.2. The third-order valence-electron chi connectivity index (χ3n) is 4.05. The van der Waals surface area contributed by atoms with Crippen LogP contribution in [-0.2, 0) is 0 Å². The normalized spacial score (nSPS) is 37.6. The monoisotopic (exact) mass is 181 g/mol. The van der Waals surface area contributed by atoms with Crippen molar-refractivity contribution in [1.82, 2.24) is 4.90 Å². The maximum absolute atomic E-state index is 2.70. The van der Waals surface area contributed by atoms with Crippen molar-refractivity contribution in [2.45, 2.75) is 69.9 Å². The largest absolute Gasteiger partial charge is 0.300 e. The van der Waals surface area contributed by atoms with E-state index in [0.717, 1.165) is 12.1 Å². The molecule has 0 saturated carbocycles. The minimum Gasteiger partial charge on any atom is -0.300 e. The fourth-order valence-electron chi connectivity index (χ4n) is 3.10. The van der Waals surface area contributed by atoms with E-state index in [1.165, 1.54) is 57.8 Å². The van der Waals surface area contributed by atoms with Gasteiger partial charge in [0.05, 0.1) is 0 Å². The Bertz CT molecular complexity index is 139. The lowest BCUT2D eigenvalue weighted by atomic mass is 9.97. The van der Waals surface area contributed by atoms with E-state index < -0.39 is 0 Å². The Morgan fingerprint density at radius 2 is 1.08 bits per heavy atom. The Kier molecular flexibility index (Phi) is 3.26. The molecule has 1 nitrogen and oxygen atoms in total. The fourth-order valence-corrected chi connectivity index (χ4v) is 3.10. The van der Waals surface area contributed by atoms with Gasteiger partial charge in [0.15, 0.2) is 0 Å². The summed E-state index contributed by atoms with van der Waals surface area (Å²) in [4.78, 5) is 2.70. The van der Waals surface area contributed by atoms with Crippen LogP contribution in [0, 0.1) is 0 Å². The lowest BCUT2D eigenvalue weighted by Crippen LogP contribution is -2.39. The molecule has 2 heterocycles. The van der Waals surface area contributed by atoms with Crippen molar-refractivity contribution >= 4 is 0 Å². The summed E-state index contributed by atoms with van der Waals surface area (Å²) in [5.41, 5.74) is 0. The quantitative estimate of drug-likeness (QED) is 0.555. The fraction of sp³-hybridized carbons (Fsp3) is 1.00. The highest BCUT2D eigenvalue weighted by molar-refractivity contribution is 4.82. The average Bonchev–Trinajstić information content (AvgIpc) is 2.32. The van der Waals surface area contributed by atoms with Crippen LogP contribution in [0.3, 0.4) is 0 Å². The summed E-state index contributed by atoms with van der Waals surface area (Å²) in [5, 5.41) is 0. The van der Waals surface area contributed by atoms with Gasteiger partial charge >= 0.3 is 0 Å². The summed E-state index contributed by atoms with van der Waals surface area (Å²) in [6.07, 6.45) is 13.3. The van der Waals surface area contributed by atoms with Crippen molar-refractivity contribution in [1.29, 1.82) is 0 Å². The molecule has 0 amide bonds. The molecule has 2 rings (SSSR count). The van der Waals surface area contributed by atoms with E-state index in [-0.39, 0.29) is 0 Å². The van der Waals surface area contributed by atoms with Crippen molar-refractivity contribution in [3.63, 3.8) is 0 Å². The van der Waals surface area contributed by atoms with Gasteiger partial charge in [-0.25, -0.2) is 0 Å². The molecule has 0 aromatic carbocycles. The van der Waals surface area contributed by atoms with Crippen molar-refractivity contribution in [2.24, 2.45) is 0 Å². The lowest BCUT2D eigenvalue weighted by Gasteiger charge is -2.35. The zero-order valence-corrected chi connectivity index (χ0v) is 8.97. The summed E-state index contributed by atoms with van der Waals surface area (Å²) in [6.45, 7) is 0. The minimum absolute atomic E-state index is 0.924. The first-order valence-corrected chi connectivity index (χ1v) is 6.10. The van der Waals surface area contributed by atoms with E-state index in [0.29, 0.717) is 0 Å². The highest BCUT2D eigenvalue weighted by Gasteiger charge is 2.26. The number of nitrogens with zero attached hydrogens (tertiary/aromatic N) is 1. The topological polar surface area (TPSA) is 3.24 Å². The molecule has 13 heavy (non-hydrogen) atoms. The molecule has 1 heteroatoms. The Balaban J connectivity index is 2.03. The van der Waals surface area contributed by atoms with Crippen LogP contribution in [0.2, 0.25) is 0 Å². The zero-order chi connectivity index (χ0) is 9.10. The number of hydrogen-bond acceptors (Lipinski definition) is 1. The molecule has 0 N–H and O–H groups in total. The van der Waals surface area contributed by atoms with Gasteiger partial charge in [0.2, 0.25) is 0 Å². The third kappa shape index (κ3) is 2.25. The van der Waals surface area contributed by atoms with Gasteiger partial charge in [0.25, 0.3) is 0 Å². The molecule has 2 atom stereocenters. The first kappa shape index (κ1) is 9.51. The molecule has 2 fully saturated rings. The second-order valence-corrected chi connectivity index (χ2v) is 4.90. The zero-order valence-electron chi connectivity index (χ0n) is 8.97. The Hall–Kier alpha value is -0.0400. The van der Waals surface area contributed by atoms with Crippen LogP contribution in [0.25, 0.3) is 0 Å². The number of fused-ring (bicyclic) bond motifs is 2. The molecule has 0 radical (unpaired) electrons. The van der Waals surface area contributed by atoms with Crippen molar-refractivity contribution in [2.75, 3.05) is 7.05 Å². The van der Waals surface area contributed by atoms with Gasteiger partial charge in [-0.3, -0.25) is 0 Å². The van der Waals surface area contributed by atoms with Crippen LogP contribution in [0.15, 0.2) is 0 Å². The van der Waals surface area contributed by atoms with E-state index in [1.54, 1.807) is 0 Å². The van der Waals surface area contributed by atoms with Gasteiger partial charge in [0.1, 0.15) is 0 Å². The van der Waals surface area contributed by atoms with Crippen LogP contribution in [0.5, 0.6) is 0 Å². The summed E-state index contributed by atoms with van der Waals surface area (Å²) in [5.74, 6) is 0. The van der Waals surface area contributed by atoms with Crippen LogP contribution in [0.4, 0.5) is 0 Å². The molecule has 0 aromatic heterocycles. The number of hydrogen-bond donors (Lipinski definition) is 0. The van der Waals surface area contributed by atoms with Gasteiger partial charge < -0.3 is 4.90 Å².